The fraction of sp³-hybridized carbons (Fsp3) is 0.500. The highest BCUT2D eigenvalue weighted by molar-refractivity contribution is 7.46. The quantitative estimate of drug-likeness (QED) is 0.835. The molecule has 3 rings (SSSR count). The largest absolute Gasteiger partial charge is 0.427 e. The lowest BCUT2D eigenvalue weighted by molar-refractivity contribution is -0.114. The summed E-state index contributed by atoms with van der Waals surface area (Å²) in [5.74, 6) is 0.523. The van der Waals surface area contributed by atoms with Crippen molar-refractivity contribution in [3.05, 3.63) is 24.3 Å². The van der Waals surface area contributed by atoms with E-state index in [2.05, 4.69) is 5.32 Å². The Bertz CT molecular complexity index is 537. The fourth-order valence-electron chi connectivity index (χ4n) is 2.10. The summed E-state index contributed by atoms with van der Waals surface area (Å²) in [5, 5.41) is 2.70. The van der Waals surface area contributed by atoms with Crippen LogP contribution < -0.4 is 9.84 Å². The molecule has 0 bridgehead atoms. The van der Waals surface area contributed by atoms with Gasteiger partial charge in [-0.3, -0.25) is 4.79 Å². The molecule has 1 aromatic rings. The van der Waals surface area contributed by atoms with Crippen molar-refractivity contribution in [3.8, 4) is 5.75 Å². The number of carbonyl (C=O) groups is 1. The number of hydrogen-bond acceptors (Lipinski definition) is 6. The molecule has 0 radical (unpaired) electrons. The highest BCUT2D eigenvalue weighted by Crippen LogP contribution is 2.51. The molecular formula is C14H19NO6P2. The van der Waals surface area contributed by atoms with E-state index in [0.29, 0.717) is 32.2 Å². The Morgan fingerprint density at radius 3 is 2.22 bits per heavy atom. The van der Waals surface area contributed by atoms with Crippen LogP contribution in [0.3, 0.4) is 0 Å². The van der Waals surface area contributed by atoms with Crippen LogP contribution in [0.1, 0.15) is 6.92 Å². The number of anilines is 1. The Labute approximate surface area is 137 Å². The SMILES string of the molecule is CC(=O)Nc1ccc(OP2OCC3(COP(C)OC3)CO2)cc1. The van der Waals surface area contributed by atoms with Gasteiger partial charge in [0.2, 0.25) is 5.91 Å². The summed E-state index contributed by atoms with van der Waals surface area (Å²) in [6.45, 7) is 5.56. The van der Waals surface area contributed by atoms with E-state index in [9.17, 15) is 4.79 Å². The van der Waals surface area contributed by atoms with Crippen LogP contribution in [0.25, 0.3) is 0 Å². The molecule has 23 heavy (non-hydrogen) atoms. The Kier molecular flexibility index (Phi) is 5.47. The third-order valence-corrected chi connectivity index (χ3v) is 5.44. The average Bonchev–Trinajstić information content (AvgIpc) is 2.54. The van der Waals surface area contributed by atoms with Crippen molar-refractivity contribution < 1.29 is 27.4 Å². The van der Waals surface area contributed by atoms with E-state index in [1.165, 1.54) is 6.92 Å². The normalized spacial score (nSPS) is 30.9. The molecule has 0 aromatic heterocycles. The molecule has 7 nitrogen and oxygen atoms in total. The zero-order chi connectivity index (χ0) is 16.3. The van der Waals surface area contributed by atoms with E-state index in [0.717, 1.165) is 5.69 Å². The summed E-state index contributed by atoms with van der Waals surface area (Å²) in [5.41, 5.74) is 0.487. The van der Waals surface area contributed by atoms with E-state index in [-0.39, 0.29) is 11.3 Å². The van der Waals surface area contributed by atoms with E-state index in [4.69, 9.17) is 22.6 Å². The lowest BCUT2D eigenvalue weighted by atomic mass is 9.93. The Hall–Kier alpha value is -0.810. The second-order valence-electron chi connectivity index (χ2n) is 5.55. The van der Waals surface area contributed by atoms with Crippen LogP contribution in [0.5, 0.6) is 5.75 Å². The number of benzene rings is 1. The van der Waals surface area contributed by atoms with Crippen molar-refractivity contribution >= 4 is 28.6 Å². The molecular weight excluding hydrogens is 340 g/mol. The second-order valence-corrected chi connectivity index (χ2v) is 8.10. The molecule has 2 saturated heterocycles. The first kappa shape index (κ1) is 17.0. The first-order valence-electron chi connectivity index (χ1n) is 7.16. The van der Waals surface area contributed by atoms with Crippen molar-refractivity contribution in [1.82, 2.24) is 0 Å². The zero-order valence-corrected chi connectivity index (χ0v) is 14.8. The smallest absolute Gasteiger partial charge is 0.397 e. The summed E-state index contributed by atoms with van der Waals surface area (Å²) in [7, 11) is -2.20. The van der Waals surface area contributed by atoms with Gasteiger partial charge in [0.15, 0.2) is 8.38 Å². The number of nitrogens with one attached hydrogen (secondary N) is 1. The maximum atomic E-state index is 11.0. The third kappa shape index (κ3) is 4.60. The van der Waals surface area contributed by atoms with Crippen LogP contribution in [0.2, 0.25) is 0 Å². The molecule has 1 N–H and O–H groups in total. The number of rotatable bonds is 3. The Morgan fingerprint density at radius 1 is 1.09 bits per heavy atom. The molecule has 1 aromatic carbocycles. The lowest BCUT2D eigenvalue weighted by Gasteiger charge is -2.41. The third-order valence-electron chi connectivity index (χ3n) is 3.41. The van der Waals surface area contributed by atoms with Gasteiger partial charge >= 0.3 is 8.60 Å². The van der Waals surface area contributed by atoms with Gasteiger partial charge in [-0.1, -0.05) is 0 Å². The van der Waals surface area contributed by atoms with Crippen molar-refractivity contribution in [2.45, 2.75) is 6.92 Å². The predicted octanol–water partition coefficient (Wildman–Crippen LogP) is 3.27. The van der Waals surface area contributed by atoms with Crippen molar-refractivity contribution in [2.24, 2.45) is 5.41 Å². The van der Waals surface area contributed by atoms with Gasteiger partial charge in [-0.25, -0.2) is 0 Å². The molecule has 0 saturated carbocycles. The van der Waals surface area contributed by atoms with Crippen LogP contribution in [0, 0.1) is 5.41 Å². The van der Waals surface area contributed by atoms with Gasteiger partial charge in [0.1, 0.15) is 5.75 Å². The molecule has 2 heterocycles. The Balaban J connectivity index is 1.49. The monoisotopic (exact) mass is 359 g/mol. The van der Waals surface area contributed by atoms with Crippen molar-refractivity contribution in [2.75, 3.05) is 38.4 Å². The summed E-state index contributed by atoms with van der Waals surface area (Å²) >= 11 is 0. The molecule has 126 valence electrons. The fourth-order valence-corrected chi connectivity index (χ4v) is 4.32. The molecule has 2 aliphatic heterocycles. The Morgan fingerprint density at radius 2 is 1.65 bits per heavy atom. The van der Waals surface area contributed by atoms with Crippen LogP contribution in [-0.4, -0.2) is 39.0 Å². The molecule has 1 amide bonds. The van der Waals surface area contributed by atoms with Gasteiger partial charge in [-0.2, -0.15) is 0 Å². The van der Waals surface area contributed by atoms with Crippen LogP contribution in [0.15, 0.2) is 24.3 Å². The van der Waals surface area contributed by atoms with E-state index in [1.54, 1.807) is 24.3 Å². The summed E-state index contributed by atoms with van der Waals surface area (Å²) < 4.78 is 28.3. The summed E-state index contributed by atoms with van der Waals surface area (Å²) in [6, 6.07) is 7.07. The zero-order valence-electron chi connectivity index (χ0n) is 13.0. The number of amides is 1. The van der Waals surface area contributed by atoms with Gasteiger partial charge in [0.25, 0.3) is 0 Å². The van der Waals surface area contributed by atoms with Gasteiger partial charge in [-0.05, 0) is 24.3 Å². The van der Waals surface area contributed by atoms with Gasteiger partial charge in [0.05, 0.1) is 31.8 Å². The molecule has 0 unspecified atom stereocenters. The van der Waals surface area contributed by atoms with Crippen molar-refractivity contribution in [3.63, 3.8) is 0 Å². The molecule has 2 aliphatic rings. The number of carbonyl (C=O) groups excluding carboxylic acids is 1. The van der Waals surface area contributed by atoms with E-state index < -0.39 is 17.0 Å². The van der Waals surface area contributed by atoms with Crippen LogP contribution in [-0.2, 0) is 22.9 Å². The van der Waals surface area contributed by atoms with E-state index in [1.807, 2.05) is 6.66 Å². The summed E-state index contributed by atoms with van der Waals surface area (Å²) in [6.07, 6.45) is 0. The minimum absolute atomic E-state index is 0.111. The van der Waals surface area contributed by atoms with Crippen molar-refractivity contribution in [1.29, 1.82) is 0 Å². The minimum atomic E-state index is -1.43. The molecule has 0 aliphatic carbocycles. The van der Waals surface area contributed by atoms with Crippen LogP contribution >= 0.6 is 17.0 Å². The van der Waals surface area contributed by atoms with Crippen LogP contribution in [0.4, 0.5) is 5.69 Å². The topological polar surface area (TPSA) is 75.3 Å². The maximum Gasteiger partial charge on any atom is 0.397 e. The second kappa shape index (κ2) is 7.39. The average molecular weight is 359 g/mol. The highest BCUT2D eigenvalue weighted by Gasteiger charge is 2.43. The highest BCUT2D eigenvalue weighted by atomic mass is 31.2. The van der Waals surface area contributed by atoms with Gasteiger partial charge < -0.3 is 27.9 Å². The maximum absolute atomic E-state index is 11.0. The van der Waals surface area contributed by atoms with E-state index >= 15 is 0 Å². The molecule has 9 heteroatoms. The standard InChI is InChI=1S/C14H19NO6P2/c1-11(16)15-12-3-5-13(6-4-12)21-23-19-9-14(10-20-23)7-17-22(2)18-8-14/h3-6H,7-10H2,1-2H3,(H,15,16). The molecule has 2 fully saturated rings. The summed E-state index contributed by atoms with van der Waals surface area (Å²) in [4.78, 5) is 11.0. The first-order chi connectivity index (χ1) is 11.0. The number of hydrogen-bond donors (Lipinski definition) is 1. The van der Waals surface area contributed by atoms with Gasteiger partial charge in [0, 0.05) is 19.3 Å². The first-order valence-corrected chi connectivity index (χ1v) is 9.88. The molecule has 0 atom stereocenters. The van der Waals surface area contributed by atoms with Gasteiger partial charge in [-0.15, -0.1) is 0 Å². The molecule has 1 spiro atoms. The predicted molar refractivity (Wildman–Crippen MR) is 87.4 cm³/mol. The minimum Gasteiger partial charge on any atom is -0.427 e. The lowest BCUT2D eigenvalue weighted by Crippen LogP contribution is -2.44.